The van der Waals surface area contributed by atoms with E-state index >= 15 is 0 Å². The molecule has 0 aromatic carbocycles. The van der Waals surface area contributed by atoms with Crippen molar-refractivity contribution in [2.75, 3.05) is 25.5 Å². The number of aromatic nitrogens is 3. The number of hydrogen-bond donors (Lipinski definition) is 1. The molecule has 0 saturated carbocycles. The van der Waals surface area contributed by atoms with E-state index in [1.807, 2.05) is 25.8 Å². The van der Waals surface area contributed by atoms with Crippen LogP contribution in [0.5, 0.6) is 0 Å². The van der Waals surface area contributed by atoms with Crippen LogP contribution in [-0.2, 0) is 6.42 Å². The maximum absolute atomic E-state index is 12.8. The summed E-state index contributed by atoms with van der Waals surface area (Å²) in [6, 6.07) is 0. The van der Waals surface area contributed by atoms with Crippen LogP contribution in [-0.4, -0.2) is 45.9 Å². The summed E-state index contributed by atoms with van der Waals surface area (Å²) < 4.78 is 0. The number of piperidine rings is 1. The molecule has 0 aliphatic carbocycles. The van der Waals surface area contributed by atoms with Gasteiger partial charge in [-0.25, -0.2) is 9.97 Å². The van der Waals surface area contributed by atoms with Crippen LogP contribution in [0.3, 0.4) is 0 Å². The highest BCUT2D eigenvalue weighted by Gasteiger charge is 2.27. The van der Waals surface area contributed by atoms with Crippen molar-refractivity contribution in [3.05, 3.63) is 33.7 Å². The molecule has 0 unspecified atom stereocenters. The zero-order valence-corrected chi connectivity index (χ0v) is 15.2. The van der Waals surface area contributed by atoms with Crippen LogP contribution < -0.4 is 5.32 Å². The van der Waals surface area contributed by atoms with E-state index < -0.39 is 0 Å². The minimum absolute atomic E-state index is 0.121. The van der Waals surface area contributed by atoms with Gasteiger partial charge in [-0.15, -0.1) is 11.3 Å². The van der Waals surface area contributed by atoms with Gasteiger partial charge >= 0.3 is 0 Å². The first-order valence-electron chi connectivity index (χ1n) is 8.29. The molecule has 0 bridgehead atoms. The van der Waals surface area contributed by atoms with Crippen molar-refractivity contribution >= 4 is 23.1 Å². The van der Waals surface area contributed by atoms with Crippen molar-refractivity contribution in [2.24, 2.45) is 5.92 Å². The number of thiazole rings is 1. The van der Waals surface area contributed by atoms with Crippen LogP contribution in [0.2, 0.25) is 0 Å². The quantitative estimate of drug-likeness (QED) is 0.922. The highest BCUT2D eigenvalue weighted by atomic mass is 32.1. The average Bonchev–Trinajstić information content (AvgIpc) is 2.93. The molecule has 2 aromatic rings. The molecule has 1 amide bonds. The molecule has 3 rings (SSSR count). The monoisotopic (exact) mass is 345 g/mol. The van der Waals surface area contributed by atoms with Crippen molar-refractivity contribution < 1.29 is 4.79 Å². The SMILES string of the molecule is CNc1nccnc1C[C@@H]1CCCN(C(=O)c2sc(C)nc2C)C1. The van der Waals surface area contributed by atoms with Gasteiger partial charge in [0.15, 0.2) is 0 Å². The smallest absolute Gasteiger partial charge is 0.265 e. The van der Waals surface area contributed by atoms with E-state index in [2.05, 4.69) is 20.3 Å². The Morgan fingerprint density at radius 2 is 2.17 bits per heavy atom. The number of likely N-dealkylation sites (tertiary alicyclic amines) is 1. The van der Waals surface area contributed by atoms with E-state index in [1.165, 1.54) is 11.3 Å². The van der Waals surface area contributed by atoms with Crippen molar-refractivity contribution in [3.63, 3.8) is 0 Å². The van der Waals surface area contributed by atoms with Crippen LogP contribution in [0.1, 0.15) is 38.9 Å². The van der Waals surface area contributed by atoms with Crippen LogP contribution in [0.4, 0.5) is 5.82 Å². The predicted octanol–water partition coefficient (Wildman–Crippen LogP) is 2.69. The molecule has 1 fully saturated rings. The Bertz CT molecular complexity index is 730. The number of carbonyl (C=O) groups is 1. The molecular weight excluding hydrogens is 322 g/mol. The normalized spacial score (nSPS) is 17.8. The number of rotatable bonds is 4. The fraction of sp³-hybridized carbons (Fsp3) is 0.529. The third kappa shape index (κ3) is 3.56. The first-order valence-corrected chi connectivity index (χ1v) is 9.11. The lowest BCUT2D eigenvalue weighted by atomic mass is 9.93. The minimum atomic E-state index is 0.121. The Kier molecular flexibility index (Phi) is 5.08. The van der Waals surface area contributed by atoms with E-state index in [0.717, 1.165) is 59.4 Å². The topological polar surface area (TPSA) is 71.0 Å². The molecule has 128 valence electrons. The van der Waals surface area contributed by atoms with Gasteiger partial charge in [-0.1, -0.05) is 0 Å². The molecule has 3 heterocycles. The third-order valence-corrected chi connectivity index (χ3v) is 5.46. The molecule has 1 N–H and O–H groups in total. The molecule has 1 saturated heterocycles. The Balaban J connectivity index is 1.70. The summed E-state index contributed by atoms with van der Waals surface area (Å²) >= 11 is 1.49. The molecule has 24 heavy (non-hydrogen) atoms. The molecule has 7 heteroatoms. The third-order valence-electron chi connectivity index (χ3n) is 4.40. The summed E-state index contributed by atoms with van der Waals surface area (Å²) in [5, 5.41) is 4.04. The van der Waals surface area contributed by atoms with Gasteiger partial charge in [-0.3, -0.25) is 9.78 Å². The van der Waals surface area contributed by atoms with Crippen molar-refractivity contribution in [1.29, 1.82) is 0 Å². The number of carbonyl (C=O) groups excluding carboxylic acids is 1. The summed E-state index contributed by atoms with van der Waals surface area (Å²) in [7, 11) is 1.86. The van der Waals surface area contributed by atoms with Crippen molar-refractivity contribution in [1.82, 2.24) is 19.9 Å². The molecule has 0 radical (unpaired) electrons. The van der Waals surface area contributed by atoms with Gasteiger partial charge < -0.3 is 10.2 Å². The Morgan fingerprint density at radius 1 is 1.38 bits per heavy atom. The Hall–Kier alpha value is -2.02. The lowest BCUT2D eigenvalue weighted by Gasteiger charge is -2.32. The first-order chi connectivity index (χ1) is 11.6. The van der Waals surface area contributed by atoms with Gasteiger partial charge in [0.1, 0.15) is 10.7 Å². The summed E-state index contributed by atoms with van der Waals surface area (Å²) in [5.74, 6) is 1.37. The van der Waals surface area contributed by atoms with Gasteiger partial charge in [0.05, 0.1) is 16.4 Å². The number of amides is 1. The molecular formula is C17H23N5OS. The van der Waals surface area contributed by atoms with E-state index in [-0.39, 0.29) is 5.91 Å². The van der Waals surface area contributed by atoms with Crippen LogP contribution in [0, 0.1) is 19.8 Å². The average molecular weight is 345 g/mol. The zero-order valence-electron chi connectivity index (χ0n) is 14.4. The van der Waals surface area contributed by atoms with E-state index in [9.17, 15) is 4.79 Å². The molecule has 1 aliphatic rings. The molecule has 2 aromatic heterocycles. The maximum Gasteiger partial charge on any atom is 0.265 e. The first kappa shape index (κ1) is 16.8. The summed E-state index contributed by atoms with van der Waals surface area (Å²) in [4.78, 5) is 28.7. The van der Waals surface area contributed by atoms with Gasteiger partial charge in [0.25, 0.3) is 5.91 Å². The second kappa shape index (κ2) is 7.25. The second-order valence-electron chi connectivity index (χ2n) is 6.21. The zero-order chi connectivity index (χ0) is 17.1. The van der Waals surface area contributed by atoms with Gasteiger partial charge in [0.2, 0.25) is 0 Å². The van der Waals surface area contributed by atoms with Crippen molar-refractivity contribution in [3.8, 4) is 0 Å². The number of nitrogens with one attached hydrogen (secondary N) is 1. The highest BCUT2D eigenvalue weighted by Crippen LogP contribution is 2.26. The summed E-state index contributed by atoms with van der Waals surface area (Å²) in [5.41, 5.74) is 1.82. The number of nitrogens with zero attached hydrogens (tertiary/aromatic N) is 4. The number of aryl methyl sites for hydroxylation is 2. The fourth-order valence-corrected chi connectivity index (χ4v) is 4.18. The van der Waals surface area contributed by atoms with Crippen LogP contribution in [0.15, 0.2) is 12.4 Å². The van der Waals surface area contributed by atoms with Crippen molar-refractivity contribution in [2.45, 2.75) is 33.1 Å². The predicted molar refractivity (Wildman–Crippen MR) is 95.5 cm³/mol. The lowest BCUT2D eigenvalue weighted by molar-refractivity contribution is 0.0677. The van der Waals surface area contributed by atoms with Gasteiger partial charge in [-0.2, -0.15) is 0 Å². The van der Waals surface area contributed by atoms with E-state index in [1.54, 1.807) is 12.4 Å². The van der Waals surface area contributed by atoms with E-state index in [0.29, 0.717) is 5.92 Å². The summed E-state index contributed by atoms with van der Waals surface area (Å²) in [6.45, 7) is 5.46. The molecule has 1 atom stereocenters. The largest absolute Gasteiger partial charge is 0.372 e. The minimum Gasteiger partial charge on any atom is -0.372 e. The molecule has 6 nitrogen and oxygen atoms in total. The van der Waals surface area contributed by atoms with E-state index in [4.69, 9.17) is 0 Å². The maximum atomic E-state index is 12.8. The summed E-state index contributed by atoms with van der Waals surface area (Å²) in [6.07, 6.45) is 6.41. The molecule has 1 aliphatic heterocycles. The molecule has 0 spiro atoms. The Labute approximate surface area is 146 Å². The Morgan fingerprint density at radius 3 is 2.88 bits per heavy atom. The highest BCUT2D eigenvalue weighted by molar-refractivity contribution is 7.13. The second-order valence-corrected chi connectivity index (χ2v) is 7.42. The lowest BCUT2D eigenvalue weighted by Crippen LogP contribution is -2.40. The fourth-order valence-electron chi connectivity index (χ4n) is 3.29. The standard InChI is InChI=1S/C17H23N5OS/c1-11-15(24-12(2)21-11)17(23)22-8-4-5-13(10-22)9-14-16(18-3)20-7-6-19-14/h6-7,13H,4-5,8-10H2,1-3H3,(H,18,20)/t13-/m0/s1. The van der Waals surface area contributed by atoms with Crippen LogP contribution in [0.25, 0.3) is 0 Å². The van der Waals surface area contributed by atoms with Crippen LogP contribution >= 0.6 is 11.3 Å². The van der Waals surface area contributed by atoms with Gasteiger partial charge in [-0.05, 0) is 39.0 Å². The number of anilines is 1. The number of hydrogen-bond acceptors (Lipinski definition) is 6. The van der Waals surface area contributed by atoms with Gasteiger partial charge in [0, 0.05) is 32.5 Å².